The number of amides is 1. The number of ether oxygens (including phenoxy) is 1. The van der Waals surface area contributed by atoms with Crippen molar-refractivity contribution in [2.24, 2.45) is 0 Å². The van der Waals surface area contributed by atoms with Gasteiger partial charge in [-0.25, -0.2) is 4.98 Å². The number of hydrogen-bond acceptors (Lipinski definition) is 4. The average Bonchev–Trinajstić information content (AvgIpc) is 3.08. The van der Waals surface area contributed by atoms with Crippen molar-refractivity contribution in [1.29, 1.82) is 0 Å². The Labute approximate surface area is 142 Å². The monoisotopic (exact) mass is 325 g/mol. The van der Waals surface area contributed by atoms with E-state index in [1.54, 1.807) is 25.4 Å². The normalized spacial score (nSPS) is 15.9. The van der Waals surface area contributed by atoms with Crippen LogP contribution in [-0.4, -0.2) is 18.0 Å². The Balaban J connectivity index is 1.93. The molecule has 0 radical (unpaired) electrons. The van der Waals surface area contributed by atoms with E-state index in [9.17, 15) is 4.79 Å². The first kappa shape index (κ1) is 16.3. The summed E-state index contributed by atoms with van der Waals surface area (Å²) in [4.78, 5) is 17.1. The predicted octanol–water partition coefficient (Wildman–Crippen LogP) is 3.43. The number of nitrogens with two attached hydrogens (primary N) is 1. The molecule has 3 rings (SSSR count). The average molecular weight is 325 g/mol. The van der Waals surface area contributed by atoms with Crippen molar-refractivity contribution in [2.75, 3.05) is 18.2 Å². The van der Waals surface area contributed by atoms with E-state index in [0.29, 0.717) is 11.5 Å². The van der Waals surface area contributed by atoms with Gasteiger partial charge in [0.25, 0.3) is 0 Å². The Morgan fingerprint density at radius 1 is 1.25 bits per heavy atom. The molecule has 1 aromatic heterocycles. The van der Waals surface area contributed by atoms with Crippen molar-refractivity contribution in [2.45, 2.75) is 38.0 Å². The van der Waals surface area contributed by atoms with Crippen molar-refractivity contribution in [1.82, 2.24) is 4.98 Å². The van der Waals surface area contributed by atoms with Crippen molar-refractivity contribution < 1.29 is 9.53 Å². The Hall–Kier alpha value is -2.56. The van der Waals surface area contributed by atoms with Gasteiger partial charge in [0.05, 0.1) is 24.4 Å². The number of nitrogen functional groups attached to an aromatic ring is 1. The summed E-state index contributed by atoms with van der Waals surface area (Å²) in [7, 11) is 1.66. The van der Waals surface area contributed by atoms with Crippen molar-refractivity contribution >= 4 is 17.4 Å². The van der Waals surface area contributed by atoms with Gasteiger partial charge in [0, 0.05) is 0 Å². The molecule has 0 atom stereocenters. The molecule has 1 aliphatic carbocycles. The molecule has 2 aromatic rings. The van der Waals surface area contributed by atoms with E-state index in [1.807, 2.05) is 25.1 Å². The van der Waals surface area contributed by atoms with E-state index in [0.717, 1.165) is 42.6 Å². The standard InChI is InChI=1S/C19H23N3O2/c1-13-5-6-14(11-16(13)24-2)19(9-3-4-10-19)18(23)22-15-7-8-17(20)21-12-15/h5-8,11-12H,3-4,9-10H2,1-2H3,(H2,20,21)(H,22,23). The maximum atomic E-state index is 13.1. The predicted molar refractivity (Wildman–Crippen MR) is 95.2 cm³/mol. The summed E-state index contributed by atoms with van der Waals surface area (Å²) in [5.74, 6) is 1.27. The number of aromatic nitrogens is 1. The quantitative estimate of drug-likeness (QED) is 0.903. The number of aryl methyl sites for hydroxylation is 1. The first-order valence-corrected chi connectivity index (χ1v) is 8.23. The summed E-state index contributed by atoms with van der Waals surface area (Å²) in [5, 5.41) is 3.00. The molecule has 1 fully saturated rings. The molecule has 5 nitrogen and oxygen atoms in total. The van der Waals surface area contributed by atoms with Crippen molar-refractivity contribution in [3.8, 4) is 5.75 Å². The highest BCUT2D eigenvalue weighted by molar-refractivity contribution is 5.99. The van der Waals surface area contributed by atoms with Crippen molar-refractivity contribution in [3.05, 3.63) is 47.7 Å². The molecule has 1 amide bonds. The highest BCUT2D eigenvalue weighted by Crippen LogP contribution is 2.43. The second kappa shape index (κ2) is 6.51. The summed E-state index contributed by atoms with van der Waals surface area (Å²) in [6, 6.07) is 9.53. The minimum Gasteiger partial charge on any atom is -0.496 e. The summed E-state index contributed by atoms with van der Waals surface area (Å²) < 4.78 is 5.45. The summed E-state index contributed by atoms with van der Waals surface area (Å²) in [5.41, 5.74) is 7.84. The maximum absolute atomic E-state index is 13.1. The number of rotatable bonds is 4. The number of nitrogens with one attached hydrogen (secondary N) is 1. The van der Waals surface area contributed by atoms with Crippen molar-refractivity contribution in [3.63, 3.8) is 0 Å². The zero-order chi connectivity index (χ0) is 17.2. The molecule has 1 aliphatic rings. The fourth-order valence-corrected chi connectivity index (χ4v) is 3.47. The van der Waals surface area contributed by atoms with E-state index in [2.05, 4.69) is 10.3 Å². The van der Waals surface area contributed by atoms with Crippen LogP contribution in [-0.2, 0) is 10.2 Å². The summed E-state index contributed by atoms with van der Waals surface area (Å²) in [6.07, 6.45) is 5.36. The molecule has 3 N–H and O–H groups in total. The fourth-order valence-electron chi connectivity index (χ4n) is 3.47. The van der Waals surface area contributed by atoms with Gasteiger partial charge in [-0.2, -0.15) is 0 Å². The zero-order valence-corrected chi connectivity index (χ0v) is 14.1. The van der Waals surface area contributed by atoms with Crippen LogP contribution in [0.3, 0.4) is 0 Å². The molecule has 24 heavy (non-hydrogen) atoms. The Kier molecular flexibility index (Phi) is 4.42. The largest absolute Gasteiger partial charge is 0.496 e. The third-order valence-corrected chi connectivity index (χ3v) is 4.90. The lowest BCUT2D eigenvalue weighted by Gasteiger charge is -2.29. The molecule has 5 heteroatoms. The molecular weight excluding hydrogens is 302 g/mol. The minimum absolute atomic E-state index is 0.0116. The lowest BCUT2D eigenvalue weighted by molar-refractivity contribution is -0.121. The number of carbonyl (C=O) groups is 1. The molecule has 0 saturated heterocycles. The van der Waals surface area contributed by atoms with Gasteiger partial charge in [-0.05, 0) is 49.1 Å². The van der Waals surface area contributed by atoms with Gasteiger partial charge in [-0.3, -0.25) is 4.79 Å². The number of benzene rings is 1. The van der Waals surface area contributed by atoms with E-state index in [4.69, 9.17) is 10.5 Å². The number of methoxy groups -OCH3 is 1. The number of carbonyl (C=O) groups excluding carboxylic acids is 1. The van der Waals surface area contributed by atoms with Crippen LogP contribution in [0, 0.1) is 6.92 Å². The SMILES string of the molecule is COc1cc(C2(C(=O)Nc3ccc(N)nc3)CCCC2)ccc1C. The number of pyridine rings is 1. The Morgan fingerprint density at radius 3 is 2.62 bits per heavy atom. The lowest BCUT2D eigenvalue weighted by Crippen LogP contribution is -2.38. The molecule has 0 bridgehead atoms. The molecular formula is C19H23N3O2. The van der Waals surface area contributed by atoms with Crippen LogP contribution >= 0.6 is 0 Å². The second-order valence-electron chi connectivity index (χ2n) is 6.40. The number of nitrogens with zero attached hydrogens (tertiary/aromatic N) is 1. The highest BCUT2D eigenvalue weighted by atomic mass is 16.5. The van der Waals surface area contributed by atoms with Crippen LogP contribution in [0.4, 0.5) is 11.5 Å². The first-order valence-electron chi connectivity index (χ1n) is 8.23. The summed E-state index contributed by atoms with van der Waals surface area (Å²) in [6.45, 7) is 2.00. The molecule has 1 heterocycles. The highest BCUT2D eigenvalue weighted by Gasteiger charge is 2.43. The number of hydrogen-bond donors (Lipinski definition) is 2. The van der Waals surface area contributed by atoms with Crippen LogP contribution in [0.15, 0.2) is 36.5 Å². The fraction of sp³-hybridized carbons (Fsp3) is 0.368. The molecule has 0 unspecified atom stereocenters. The zero-order valence-electron chi connectivity index (χ0n) is 14.1. The minimum atomic E-state index is -0.512. The van der Waals surface area contributed by atoms with Gasteiger partial charge >= 0.3 is 0 Å². The molecule has 0 spiro atoms. The Morgan fingerprint density at radius 2 is 2.00 bits per heavy atom. The van der Waals surface area contributed by atoms with Crippen LogP contribution in [0.5, 0.6) is 5.75 Å². The van der Waals surface area contributed by atoms with Gasteiger partial charge < -0.3 is 15.8 Å². The van der Waals surface area contributed by atoms with Crippen LogP contribution in [0.25, 0.3) is 0 Å². The summed E-state index contributed by atoms with van der Waals surface area (Å²) >= 11 is 0. The third-order valence-electron chi connectivity index (χ3n) is 4.90. The van der Waals surface area contributed by atoms with E-state index in [-0.39, 0.29) is 5.91 Å². The van der Waals surface area contributed by atoms with Crippen LogP contribution in [0.1, 0.15) is 36.8 Å². The first-order chi connectivity index (χ1) is 11.5. The van der Waals surface area contributed by atoms with E-state index in [1.165, 1.54) is 0 Å². The van der Waals surface area contributed by atoms with Crippen LogP contribution in [0.2, 0.25) is 0 Å². The van der Waals surface area contributed by atoms with Gasteiger partial charge in [0.2, 0.25) is 5.91 Å². The van der Waals surface area contributed by atoms with Gasteiger partial charge in [-0.15, -0.1) is 0 Å². The van der Waals surface area contributed by atoms with Gasteiger partial charge in [0.1, 0.15) is 11.6 Å². The van der Waals surface area contributed by atoms with Gasteiger partial charge in [0.15, 0.2) is 0 Å². The third kappa shape index (κ3) is 2.94. The molecule has 126 valence electrons. The molecule has 1 saturated carbocycles. The number of anilines is 2. The smallest absolute Gasteiger partial charge is 0.235 e. The lowest BCUT2D eigenvalue weighted by atomic mass is 9.77. The maximum Gasteiger partial charge on any atom is 0.235 e. The van der Waals surface area contributed by atoms with Gasteiger partial charge in [-0.1, -0.05) is 25.0 Å². The molecule has 0 aliphatic heterocycles. The van der Waals surface area contributed by atoms with E-state index >= 15 is 0 Å². The van der Waals surface area contributed by atoms with Crippen LogP contribution < -0.4 is 15.8 Å². The Bertz CT molecular complexity index is 735. The second-order valence-corrected chi connectivity index (χ2v) is 6.40. The van der Waals surface area contributed by atoms with E-state index < -0.39 is 5.41 Å². The topological polar surface area (TPSA) is 77.2 Å². The molecule has 1 aromatic carbocycles.